The third kappa shape index (κ3) is 4.10. The maximum atomic E-state index is 12.9. The van der Waals surface area contributed by atoms with Crippen molar-refractivity contribution in [1.82, 2.24) is 4.90 Å². The molecule has 6 nitrogen and oxygen atoms in total. The normalized spacial score (nSPS) is 32.1. The van der Waals surface area contributed by atoms with Crippen molar-refractivity contribution < 1.29 is 24.6 Å². The van der Waals surface area contributed by atoms with Crippen LogP contribution in [0, 0.1) is 5.92 Å². The van der Waals surface area contributed by atoms with Crippen LogP contribution in [-0.4, -0.2) is 59.4 Å². The zero-order valence-electron chi connectivity index (χ0n) is 17.5. The fraction of sp³-hybridized carbons (Fsp3) is 0.696. The number of likely N-dealkylation sites (tertiary alicyclic amines) is 2. The van der Waals surface area contributed by atoms with Crippen LogP contribution < -0.4 is 9.64 Å². The van der Waals surface area contributed by atoms with Crippen molar-refractivity contribution in [3.05, 3.63) is 23.8 Å². The molecule has 0 radical (unpaired) electrons. The Hall–Kier alpha value is -1.79. The van der Waals surface area contributed by atoms with Crippen LogP contribution in [0.5, 0.6) is 11.5 Å². The number of aliphatic hydroxyl groups is 1. The zero-order chi connectivity index (χ0) is 20.4. The number of benzene rings is 1. The Labute approximate surface area is 173 Å². The molecular weight excluding hydrogens is 368 g/mol. The lowest BCUT2D eigenvalue weighted by Gasteiger charge is -2.50. The van der Waals surface area contributed by atoms with Gasteiger partial charge in [0.15, 0.2) is 18.0 Å². The topological polar surface area (TPSA) is 74.4 Å². The van der Waals surface area contributed by atoms with Gasteiger partial charge >= 0.3 is 0 Å². The molecule has 2 aliphatic heterocycles. The van der Waals surface area contributed by atoms with E-state index in [1.807, 2.05) is 24.0 Å². The number of quaternary nitrogens is 1. The molecule has 1 saturated carbocycles. The second-order valence-electron chi connectivity index (χ2n) is 9.02. The van der Waals surface area contributed by atoms with Crippen LogP contribution in [0.25, 0.3) is 0 Å². The molecule has 1 aliphatic carbocycles. The van der Waals surface area contributed by atoms with Crippen LogP contribution >= 0.6 is 0 Å². The van der Waals surface area contributed by atoms with E-state index in [2.05, 4.69) is 0 Å². The zero-order valence-corrected chi connectivity index (χ0v) is 17.5. The smallest absolute Gasteiger partial charge is 0.277 e. The molecule has 3 aliphatic rings. The number of nitrogens with one attached hydrogen (secondary N) is 1. The van der Waals surface area contributed by atoms with Gasteiger partial charge < -0.3 is 24.7 Å². The lowest BCUT2D eigenvalue weighted by atomic mass is 9.66. The van der Waals surface area contributed by atoms with Gasteiger partial charge in [-0.3, -0.25) is 4.79 Å². The summed E-state index contributed by atoms with van der Waals surface area (Å²) < 4.78 is 5.63. The Morgan fingerprint density at radius 3 is 2.79 bits per heavy atom. The van der Waals surface area contributed by atoms with Gasteiger partial charge in [-0.05, 0) is 50.8 Å². The Morgan fingerprint density at radius 2 is 2.03 bits per heavy atom. The molecule has 0 spiro atoms. The van der Waals surface area contributed by atoms with Crippen LogP contribution in [0.15, 0.2) is 18.2 Å². The van der Waals surface area contributed by atoms with Gasteiger partial charge in [0.1, 0.15) is 6.04 Å². The first-order valence-electron chi connectivity index (χ1n) is 11.3. The number of carbonyl (C=O) groups is 1. The minimum atomic E-state index is -0.646. The van der Waals surface area contributed by atoms with Crippen molar-refractivity contribution in [3.8, 4) is 11.5 Å². The number of phenols is 1. The number of hydrogen-bond donors (Lipinski definition) is 3. The standard InChI is InChI=1S/C23H34N2O4/c1-2-29-20-15-17(8-9-19(20)26)22-18-7-3-4-10-23(18,28)11-14-25(22)16-21(27)24-12-5-6-13-24/h8-9,15,18,22,26,28H,2-7,10-14,16H2,1H3/p+1/t18-,22+,23+/m0/s1. The molecule has 1 unspecified atom stereocenters. The Bertz CT molecular complexity index is 734. The predicted molar refractivity (Wildman–Crippen MR) is 110 cm³/mol. The molecule has 160 valence electrons. The van der Waals surface area contributed by atoms with Gasteiger partial charge in [-0.25, -0.2) is 0 Å². The molecule has 2 saturated heterocycles. The van der Waals surface area contributed by atoms with Crippen molar-refractivity contribution in [3.63, 3.8) is 0 Å². The van der Waals surface area contributed by atoms with Crippen molar-refractivity contribution >= 4 is 5.91 Å². The van der Waals surface area contributed by atoms with E-state index >= 15 is 0 Å². The number of amides is 1. The van der Waals surface area contributed by atoms with Crippen LogP contribution in [0.2, 0.25) is 0 Å². The maximum Gasteiger partial charge on any atom is 0.277 e. The van der Waals surface area contributed by atoms with E-state index in [0.717, 1.165) is 70.1 Å². The van der Waals surface area contributed by atoms with E-state index in [1.165, 1.54) is 4.90 Å². The van der Waals surface area contributed by atoms with E-state index in [9.17, 15) is 15.0 Å². The van der Waals surface area contributed by atoms with Crippen molar-refractivity contribution in [1.29, 1.82) is 0 Å². The van der Waals surface area contributed by atoms with Crippen LogP contribution in [-0.2, 0) is 4.79 Å². The van der Waals surface area contributed by atoms with Crippen LogP contribution in [0.1, 0.15) is 63.5 Å². The monoisotopic (exact) mass is 403 g/mol. The molecule has 6 heteroatoms. The van der Waals surface area contributed by atoms with Gasteiger partial charge in [-0.1, -0.05) is 12.8 Å². The van der Waals surface area contributed by atoms with E-state index in [1.54, 1.807) is 6.07 Å². The van der Waals surface area contributed by atoms with E-state index in [0.29, 0.717) is 18.9 Å². The first-order valence-corrected chi connectivity index (χ1v) is 11.3. The van der Waals surface area contributed by atoms with Crippen molar-refractivity contribution in [2.45, 2.75) is 63.5 Å². The average Bonchev–Trinajstić information content (AvgIpc) is 3.25. The van der Waals surface area contributed by atoms with Crippen molar-refractivity contribution in [2.24, 2.45) is 5.92 Å². The molecule has 4 atom stereocenters. The van der Waals surface area contributed by atoms with Crippen LogP contribution in [0.4, 0.5) is 0 Å². The summed E-state index contributed by atoms with van der Waals surface area (Å²) >= 11 is 0. The van der Waals surface area contributed by atoms with E-state index in [-0.39, 0.29) is 23.6 Å². The molecule has 0 aromatic heterocycles. The number of aromatic hydroxyl groups is 1. The first kappa shape index (κ1) is 20.5. The van der Waals surface area contributed by atoms with Gasteiger partial charge in [0.2, 0.25) is 0 Å². The Morgan fingerprint density at radius 1 is 1.24 bits per heavy atom. The fourth-order valence-electron chi connectivity index (χ4n) is 5.79. The van der Waals surface area contributed by atoms with Crippen molar-refractivity contribution in [2.75, 3.05) is 32.8 Å². The molecule has 29 heavy (non-hydrogen) atoms. The number of ether oxygens (including phenoxy) is 1. The average molecular weight is 404 g/mol. The molecule has 3 N–H and O–H groups in total. The third-order valence-corrected chi connectivity index (χ3v) is 7.27. The second-order valence-corrected chi connectivity index (χ2v) is 9.02. The molecule has 2 heterocycles. The highest BCUT2D eigenvalue weighted by molar-refractivity contribution is 5.77. The largest absolute Gasteiger partial charge is 0.504 e. The van der Waals surface area contributed by atoms with E-state index in [4.69, 9.17) is 4.74 Å². The maximum absolute atomic E-state index is 12.9. The molecule has 1 aromatic rings. The highest BCUT2D eigenvalue weighted by Gasteiger charge is 2.52. The SMILES string of the molecule is CCOc1cc([C@@H]2[C@@H]3CCCC[C@@]3(O)CC[NH+]2CC(=O)N2CCCC2)ccc1O. The molecular formula is C23H35N2O4+. The third-order valence-electron chi connectivity index (χ3n) is 7.27. The number of phenolic OH excluding ortho intramolecular Hbond substituents is 1. The number of nitrogens with zero attached hydrogens (tertiary/aromatic N) is 1. The summed E-state index contributed by atoms with van der Waals surface area (Å²) in [7, 11) is 0. The minimum Gasteiger partial charge on any atom is -0.504 e. The highest BCUT2D eigenvalue weighted by Crippen LogP contribution is 2.45. The lowest BCUT2D eigenvalue weighted by molar-refractivity contribution is -0.938. The highest BCUT2D eigenvalue weighted by atomic mass is 16.5. The van der Waals surface area contributed by atoms with Gasteiger partial charge in [-0.15, -0.1) is 0 Å². The molecule has 0 bridgehead atoms. The van der Waals surface area contributed by atoms with E-state index < -0.39 is 5.60 Å². The van der Waals surface area contributed by atoms with Gasteiger partial charge in [0, 0.05) is 31.0 Å². The number of fused-ring (bicyclic) bond motifs is 1. The van der Waals surface area contributed by atoms with Gasteiger partial charge in [0.05, 0.1) is 18.8 Å². The number of carbonyl (C=O) groups excluding carboxylic acids is 1. The van der Waals surface area contributed by atoms with Gasteiger partial charge in [-0.2, -0.15) is 0 Å². The first-order chi connectivity index (χ1) is 14.0. The summed E-state index contributed by atoms with van der Waals surface area (Å²) in [6.45, 7) is 5.40. The Balaban J connectivity index is 1.65. The predicted octanol–water partition coefficient (Wildman–Crippen LogP) is 1.66. The summed E-state index contributed by atoms with van der Waals surface area (Å²) in [5, 5.41) is 21.6. The fourth-order valence-corrected chi connectivity index (χ4v) is 5.79. The molecule has 3 fully saturated rings. The lowest BCUT2D eigenvalue weighted by Crippen LogP contribution is -3.16. The Kier molecular flexibility index (Phi) is 6.02. The molecule has 4 rings (SSSR count). The summed E-state index contributed by atoms with van der Waals surface area (Å²) in [6, 6.07) is 5.60. The summed E-state index contributed by atoms with van der Waals surface area (Å²) in [4.78, 5) is 16.2. The summed E-state index contributed by atoms with van der Waals surface area (Å²) in [5.74, 6) is 0.984. The quantitative estimate of drug-likeness (QED) is 0.699. The molecule has 1 aromatic carbocycles. The summed E-state index contributed by atoms with van der Waals surface area (Å²) in [6.07, 6.45) is 6.97. The van der Waals surface area contributed by atoms with Crippen LogP contribution in [0.3, 0.4) is 0 Å². The second kappa shape index (κ2) is 8.52. The minimum absolute atomic E-state index is 0.0420. The number of hydrogen-bond acceptors (Lipinski definition) is 4. The number of piperidine rings is 1. The summed E-state index contributed by atoms with van der Waals surface area (Å²) in [5.41, 5.74) is 0.410. The molecule has 1 amide bonds. The number of rotatable bonds is 5. The van der Waals surface area contributed by atoms with Gasteiger partial charge in [0.25, 0.3) is 5.91 Å².